The zero-order valence-corrected chi connectivity index (χ0v) is 9.66. The Hall–Kier alpha value is -1.52. The molecule has 0 aliphatic rings. The van der Waals surface area contributed by atoms with Gasteiger partial charge in [-0.25, -0.2) is 0 Å². The van der Waals surface area contributed by atoms with Crippen LogP contribution in [0.3, 0.4) is 0 Å². The van der Waals surface area contributed by atoms with Crippen LogP contribution in [-0.4, -0.2) is 15.2 Å². The highest BCUT2D eigenvalue weighted by molar-refractivity contribution is 7.18. The molecule has 2 aromatic heterocycles. The number of pyridine rings is 1. The first-order valence-corrected chi connectivity index (χ1v) is 5.86. The standard InChI is InChI=1S/C11H6ClN3S/c12-11-15-14-10(16-11)8-3-4-9-7(6-8)2-1-5-13-9/h1-6H. The summed E-state index contributed by atoms with van der Waals surface area (Å²) in [6.07, 6.45) is 1.78. The first-order chi connectivity index (χ1) is 7.83. The quantitative estimate of drug-likeness (QED) is 0.662. The number of nitrogens with zero attached hydrogens (tertiary/aromatic N) is 3. The van der Waals surface area contributed by atoms with Gasteiger partial charge in [0.25, 0.3) is 0 Å². The van der Waals surface area contributed by atoms with E-state index in [-0.39, 0.29) is 0 Å². The lowest BCUT2D eigenvalue weighted by Crippen LogP contribution is -1.80. The molecule has 3 rings (SSSR count). The number of hydrogen-bond donors (Lipinski definition) is 0. The summed E-state index contributed by atoms with van der Waals surface area (Å²) < 4.78 is 0.460. The first kappa shape index (κ1) is 9.69. The Balaban J connectivity index is 2.18. The number of benzene rings is 1. The Morgan fingerprint density at radius 1 is 1.12 bits per heavy atom. The molecule has 3 nitrogen and oxygen atoms in total. The van der Waals surface area contributed by atoms with Crippen LogP contribution in [0.5, 0.6) is 0 Å². The van der Waals surface area contributed by atoms with E-state index in [9.17, 15) is 0 Å². The lowest BCUT2D eigenvalue weighted by Gasteiger charge is -1.98. The summed E-state index contributed by atoms with van der Waals surface area (Å²) in [4.78, 5) is 4.26. The molecule has 0 aliphatic heterocycles. The molecule has 0 saturated carbocycles. The summed E-state index contributed by atoms with van der Waals surface area (Å²) in [5, 5.41) is 9.72. The second-order valence-electron chi connectivity index (χ2n) is 3.27. The van der Waals surface area contributed by atoms with E-state index in [1.807, 2.05) is 30.3 Å². The minimum Gasteiger partial charge on any atom is -0.256 e. The van der Waals surface area contributed by atoms with Gasteiger partial charge >= 0.3 is 0 Å². The molecule has 0 N–H and O–H groups in total. The second kappa shape index (κ2) is 3.81. The highest BCUT2D eigenvalue weighted by atomic mass is 35.5. The van der Waals surface area contributed by atoms with Gasteiger partial charge in [0, 0.05) is 17.1 Å². The molecule has 2 heterocycles. The van der Waals surface area contributed by atoms with Crippen molar-refractivity contribution in [3.05, 3.63) is 41.0 Å². The van der Waals surface area contributed by atoms with Gasteiger partial charge in [0.15, 0.2) is 0 Å². The van der Waals surface area contributed by atoms with Gasteiger partial charge in [-0.15, -0.1) is 10.2 Å². The zero-order chi connectivity index (χ0) is 11.0. The maximum Gasteiger partial charge on any atom is 0.207 e. The van der Waals surface area contributed by atoms with Gasteiger partial charge in [-0.1, -0.05) is 17.4 Å². The normalized spacial score (nSPS) is 10.8. The highest BCUT2D eigenvalue weighted by Gasteiger charge is 2.05. The van der Waals surface area contributed by atoms with Gasteiger partial charge in [-0.05, 0) is 35.9 Å². The van der Waals surface area contributed by atoms with Crippen molar-refractivity contribution in [2.24, 2.45) is 0 Å². The maximum atomic E-state index is 5.76. The SMILES string of the molecule is Clc1nnc(-c2ccc3ncccc3c2)s1. The van der Waals surface area contributed by atoms with Crippen LogP contribution in [-0.2, 0) is 0 Å². The van der Waals surface area contributed by atoms with Crippen LogP contribution >= 0.6 is 22.9 Å². The van der Waals surface area contributed by atoms with Crippen molar-refractivity contribution >= 4 is 33.8 Å². The predicted octanol–water partition coefficient (Wildman–Crippen LogP) is 3.41. The largest absolute Gasteiger partial charge is 0.256 e. The minimum absolute atomic E-state index is 0.460. The molecule has 0 fully saturated rings. The summed E-state index contributed by atoms with van der Waals surface area (Å²) in [5.41, 5.74) is 1.99. The zero-order valence-electron chi connectivity index (χ0n) is 8.09. The van der Waals surface area contributed by atoms with Crippen LogP contribution in [0, 0.1) is 0 Å². The molecule has 0 spiro atoms. The third-order valence-corrected chi connectivity index (χ3v) is 3.32. The molecular formula is C11H6ClN3S. The van der Waals surface area contributed by atoms with Crippen LogP contribution in [0.2, 0.25) is 4.47 Å². The fourth-order valence-electron chi connectivity index (χ4n) is 1.53. The lowest BCUT2D eigenvalue weighted by atomic mass is 10.1. The van der Waals surface area contributed by atoms with Crippen LogP contribution < -0.4 is 0 Å². The van der Waals surface area contributed by atoms with Crippen LogP contribution in [0.15, 0.2) is 36.5 Å². The summed E-state index contributed by atoms with van der Waals surface area (Å²) >= 11 is 7.13. The number of fused-ring (bicyclic) bond motifs is 1. The average Bonchev–Trinajstić information content (AvgIpc) is 2.75. The van der Waals surface area contributed by atoms with Crippen LogP contribution in [0.4, 0.5) is 0 Å². The molecule has 16 heavy (non-hydrogen) atoms. The molecule has 0 amide bonds. The number of rotatable bonds is 1. The molecule has 3 aromatic rings. The van der Waals surface area contributed by atoms with Gasteiger partial charge in [0.2, 0.25) is 4.47 Å². The second-order valence-corrected chi connectivity index (χ2v) is 4.83. The average molecular weight is 248 g/mol. The molecule has 0 saturated heterocycles. The van der Waals surface area contributed by atoms with Gasteiger partial charge < -0.3 is 0 Å². The first-order valence-electron chi connectivity index (χ1n) is 4.67. The van der Waals surface area contributed by atoms with Crippen molar-refractivity contribution in [1.29, 1.82) is 0 Å². The monoisotopic (exact) mass is 247 g/mol. The topological polar surface area (TPSA) is 38.7 Å². The van der Waals surface area contributed by atoms with Crippen molar-refractivity contribution in [1.82, 2.24) is 15.2 Å². The molecule has 78 valence electrons. The van der Waals surface area contributed by atoms with E-state index in [4.69, 9.17) is 11.6 Å². The highest BCUT2D eigenvalue weighted by Crippen LogP contribution is 2.27. The van der Waals surface area contributed by atoms with Crippen molar-refractivity contribution in [3.63, 3.8) is 0 Å². The Morgan fingerprint density at radius 2 is 2.06 bits per heavy atom. The summed E-state index contributed by atoms with van der Waals surface area (Å²) in [7, 11) is 0. The molecule has 0 atom stereocenters. The van der Waals surface area contributed by atoms with E-state index in [0.29, 0.717) is 4.47 Å². The third kappa shape index (κ3) is 1.66. The van der Waals surface area contributed by atoms with Crippen LogP contribution in [0.1, 0.15) is 0 Å². The molecule has 0 aliphatic carbocycles. The molecule has 0 bridgehead atoms. The van der Waals surface area contributed by atoms with Gasteiger partial charge in [0.05, 0.1) is 5.52 Å². The van der Waals surface area contributed by atoms with E-state index in [0.717, 1.165) is 21.5 Å². The minimum atomic E-state index is 0.460. The Labute approximate surface area is 101 Å². The number of aromatic nitrogens is 3. The lowest BCUT2D eigenvalue weighted by molar-refractivity contribution is 1.10. The van der Waals surface area contributed by atoms with E-state index < -0.39 is 0 Å². The number of halogens is 1. The van der Waals surface area contributed by atoms with Crippen molar-refractivity contribution in [3.8, 4) is 10.6 Å². The maximum absolute atomic E-state index is 5.76. The predicted molar refractivity (Wildman–Crippen MR) is 65.7 cm³/mol. The van der Waals surface area contributed by atoms with E-state index in [1.54, 1.807) is 6.20 Å². The van der Waals surface area contributed by atoms with E-state index in [2.05, 4.69) is 15.2 Å². The molecule has 0 unspecified atom stereocenters. The fourth-order valence-corrected chi connectivity index (χ4v) is 2.36. The van der Waals surface area contributed by atoms with Gasteiger partial charge in [-0.3, -0.25) is 4.98 Å². The van der Waals surface area contributed by atoms with Crippen molar-refractivity contribution in [2.75, 3.05) is 0 Å². The van der Waals surface area contributed by atoms with Crippen LogP contribution in [0.25, 0.3) is 21.5 Å². The molecule has 0 radical (unpaired) electrons. The van der Waals surface area contributed by atoms with E-state index in [1.165, 1.54) is 11.3 Å². The Kier molecular flexibility index (Phi) is 2.31. The molecule has 5 heteroatoms. The smallest absolute Gasteiger partial charge is 0.207 e. The number of hydrogen-bond acceptors (Lipinski definition) is 4. The van der Waals surface area contributed by atoms with Crippen molar-refractivity contribution < 1.29 is 0 Å². The van der Waals surface area contributed by atoms with Gasteiger partial charge in [-0.2, -0.15) is 0 Å². The molecular weight excluding hydrogens is 242 g/mol. The summed E-state index contributed by atoms with van der Waals surface area (Å²) in [6, 6.07) is 9.93. The summed E-state index contributed by atoms with van der Waals surface area (Å²) in [6.45, 7) is 0. The Bertz CT molecular complexity index is 650. The Morgan fingerprint density at radius 3 is 2.88 bits per heavy atom. The fraction of sp³-hybridized carbons (Fsp3) is 0. The third-order valence-electron chi connectivity index (χ3n) is 2.25. The summed E-state index contributed by atoms with van der Waals surface area (Å²) in [5.74, 6) is 0. The van der Waals surface area contributed by atoms with E-state index >= 15 is 0 Å². The molecule has 1 aromatic carbocycles. The van der Waals surface area contributed by atoms with Crippen molar-refractivity contribution in [2.45, 2.75) is 0 Å². The van der Waals surface area contributed by atoms with Gasteiger partial charge in [0.1, 0.15) is 5.01 Å².